The zero-order valence-electron chi connectivity index (χ0n) is 21.9. The van der Waals surface area contributed by atoms with Crippen LogP contribution in [0, 0.1) is 11.2 Å². The normalized spacial score (nSPS) is 17.1. The van der Waals surface area contributed by atoms with Gasteiger partial charge in [0.05, 0.1) is 5.52 Å². The Labute approximate surface area is 212 Å². The molecular formula is C28H38FN5O2. The van der Waals surface area contributed by atoms with Crippen molar-refractivity contribution in [2.45, 2.75) is 65.8 Å². The summed E-state index contributed by atoms with van der Waals surface area (Å²) in [6.07, 6.45) is 7.79. The molecule has 0 spiro atoms. The number of halogens is 1. The van der Waals surface area contributed by atoms with Crippen LogP contribution in [0.3, 0.4) is 0 Å². The minimum Gasteiger partial charge on any atom is -0.348 e. The van der Waals surface area contributed by atoms with Crippen molar-refractivity contribution in [2.75, 3.05) is 26.2 Å². The van der Waals surface area contributed by atoms with Crippen LogP contribution in [0.4, 0.5) is 4.39 Å². The number of amides is 2. The number of hydrogen-bond acceptors (Lipinski definition) is 3. The molecule has 5 rings (SSSR count). The summed E-state index contributed by atoms with van der Waals surface area (Å²) in [5.74, 6) is 0.206. The van der Waals surface area contributed by atoms with E-state index in [2.05, 4.69) is 37.8 Å². The molecule has 2 fully saturated rings. The first kappa shape index (κ1) is 25.9. The van der Waals surface area contributed by atoms with E-state index in [1.54, 1.807) is 23.2 Å². The van der Waals surface area contributed by atoms with Crippen molar-refractivity contribution in [3.63, 3.8) is 0 Å². The number of hydrogen-bond donors (Lipinski definition) is 1. The monoisotopic (exact) mass is 495 g/mol. The second-order valence-electron chi connectivity index (χ2n) is 11.0. The Balaban J connectivity index is 0.000000179. The van der Waals surface area contributed by atoms with Crippen molar-refractivity contribution in [3.8, 4) is 0 Å². The van der Waals surface area contributed by atoms with Crippen molar-refractivity contribution in [2.24, 2.45) is 5.41 Å². The van der Waals surface area contributed by atoms with Gasteiger partial charge in [-0.2, -0.15) is 5.10 Å². The van der Waals surface area contributed by atoms with Gasteiger partial charge in [-0.3, -0.25) is 14.3 Å². The van der Waals surface area contributed by atoms with Crippen LogP contribution in [-0.4, -0.2) is 62.6 Å². The lowest BCUT2D eigenvalue weighted by Crippen LogP contribution is -2.55. The second-order valence-corrected chi connectivity index (χ2v) is 11.0. The van der Waals surface area contributed by atoms with Crippen LogP contribution in [0.25, 0.3) is 10.9 Å². The number of aryl methyl sites for hydroxylation is 1. The van der Waals surface area contributed by atoms with Crippen molar-refractivity contribution >= 4 is 22.7 Å². The van der Waals surface area contributed by atoms with Crippen molar-refractivity contribution in [1.82, 2.24) is 24.6 Å². The van der Waals surface area contributed by atoms with Gasteiger partial charge in [-0.25, -0.2) is 4.39 Å². The maximum atomic E-state index is 14.0. The van der Waals surface area contributed by atoms with E-state index in [0.717, 1.165) is 50.0 Å². The quantitative estimate of drug-likeness (QED) is 0.529. The van der Waals surface area contributed by atoms with E-state index in [1.165, 1.54) is 12.5 Å². The number of H-pyrrole nitrogens is 1. The number of carbonyl (C=O) groups is 2. The van der Waals surface area contributed by atoms with Crippen molar-refractivity contribution < 1.29 is 14.0 Å². The van der Waals surface area contributed by atoms with Crippen LogP contribution in [0.1, 0.15) is 75.3 Å². The first-order chi connectivity index (χ1) is 17.1. The molecule has 1 N–H and O–H groups in total. The Morgan fingerprint density at radius 1 is 1.11 bits per heavy atom. The van der Waals surface area contributed by atoms with Crippen LogP contribution in [0.2, 0.25) is 0 Å². The maximum Gasteiger partial charge on any atom is 0.270 e. The van der Waals surface area contributed by atoms with Gasteiger partial charge >= 0.3 is 0 Å². The van der Waals surface area contributed by atoms with Gasteiger partial charge in [0.15, 0.2) is 0 Å². The smallest absolute Gasteiger partial charge is 0.270 e. The average molecular weight is 496 g/mol. The van der Waals surface area contributed by atoms with E-state index in [4.69, 9.17) is 0 Å². The van der Waals surface area contributed by atoms with E-state index in [1.807, 2.05) is 21.8 Å². The molecule has 2 aromatic heterocycles. The third kappa shape index (κ3) is 5.97. The third-order valence-corrected chi connectivity index (χ3v) is 6.98. The number of nitrogens with one attached hydrogen (secondary N) is 1. The van der Waals surface area contributed by atoms with Crippen LogP contribution >= 0.6 is 0 Å². The first-order valence-corrected chi connectivity index (χ1v) is 13.0. The molecule has 1 aromatic carbocycles. The van der Waals surface area contributed by atoms with Crippen LogP contribution in [0.5, 0.6) is 0 Å². The Bertz CT molecular complexity index is 1180. The Morgan fingerprint density at radius 2 is 1.83 bits per heavy atom. The zero-order valence-corrected chi connectivity index (χ0v) is 21.9. The van der Waals surface area contributed by atoms with E-state index < -0.39 is 0 Å². The summed E-state index contributed by atoms with van der Waals surface area (Å²) in [6, 6.07) is 6.94. The fraction of sp³-hybridized carbons (Fsp3) is 0.536. The minimum absolute atomic E-state index is 0.0420. The molecule has 8 heteroatoms. The number of carbonyl (C=O) groups excluding carboxylic acids is 2. The number of fused-ring (bicyclic) bond motifs is 1. The third-order valence-electron chi connectivity index (χ3n) is 6.98. The molecule has 4 heterocycles. The number of nitrogens with zero attached hydrogens (tertiary/aromatic N) is 4. The predicted molar refractivity (Wildman–Crippen MR) is 139 cm³/mol. The molecule has 3 aromatic rings. The van der Waals surface area contributed by atoms with Crippen LogP contribution < -0.4 is 0 Å². The predicted octanol–water partition coefficient (Wildman–Crippen LogP) is 5.20. The van der Waals surface area contributed by atoms with Gasteiger partial charge in [0.2, 0.25) is 5.91 Å². The Morgan fingerprint density at radius 3 is 2.44 bits per heavy atom. The molecule has 0 atom stereocenters. The molecule has 36 heavy (non-hydrogen) atoms. The van der Waals surface area contributed by atoms with E-state index in [0.29, 0.717) is 24.2 Å². The van der Waals surface area contributed by atoms with Crippen LogP contribution in [-0.2, 0) is 11.3 Å². The van der Waals surface area contributed by atoms with Gasteiger partial charge in [-0.05, 0) is 54.4 Å². The van der Waals surface area contributed by atoms with Gasteiger partial charge in [0.1, 0.15) is 11.5 Å². The van der Waals surface area contributed by atoms with E-state index >= 15 is 0 Å². The SMILES string of the molecule is CC(C)c1ccc(F)c2[nH]c(C(=O)N3CC(C)(C)C3)cc12.O=C(CCn1cccn1)N1CCCCC1. The number of likely N-dealkylation sites (tertiary alicyclic amines) is 2. The van der Waals surface area contributed by atoms with Crippen molar-refractivity contribution in [3.05, 3.63) is 53.7 Å². The second kappa shape index (κ2) is 10.8. The molecule has 194 valence electrons. The number of aromatic nitrogens is 3. The first-order valence-electron chi connectivity index (χ1n) is 13.0. The zero-order chi connectivity index (χ0) is 25.9. The highest BCUT2D eigenvalue weighted by Crippen LogP contribution is 2.32. The summed E-state index contributed by atoms with van der Waals surface area (Å²) < 4.78 is 15.8. The fourth-order valence-electron chi connectivity index (χ4n) is 5.07. The number of benzene rings is 1. The molecule has 0 bridgehead atoms. The standard InChI is InChI=1S/C17H21FN2O.C11H17N3O/c1-10(2)11-5-6-13(18)15-12(11)7-14(19-15)16(21)20-8-17(3,4)9-20;15-11(13-7-2-1-3-8-13)5-10-14-9-4-6-12-14/h5-7,10,19H,8-9H2,1-4H3;4,6,9H,1-3,5,7-8,10H2. The molecule has 0 unspecified atom stereocenters. The molecule has 2 aliphatic heterocycles. The van der Waals surface area contributed by atoms with E-state index in [-0.39, 0.29) is 29.0 Å². The molecule has 0 aliphatic carbocycles. The summed E-state index contributed by atoms with van der Waals surface area (Å²) in [4.78, 5) is 31.0. The molecule has 0 radical (unpaired) electrons. The number of rotatable bonds is 5. The van der Waals surface area contributed by atoms with Crippen LogP contribution in [0.15, 0.2) is 36.7 Å². The summed E-state index contributed by atoms with van der Waals surface area (Å²) >= 11 is 0. The molecule has 7 nitrogen and oxygen atoms in total. The minimum atomic E-state index is -0.308. The summed E-state index contributed by atoms with van der Waals surface area (Å²) in [7, 11) is 0. The van der Waals surface area contributed by atoms with Crippen molar-refractivity contribution in [1.29, 1.82) is 0 Å². The van der Waals surface area contributed by atoms with Gasteiger partial charge < -0.3 is 14.8 Å². The summed E-state index contributed by atoms with van der Waals surface area (Å²) in [5, 5.41) is 4.89. The highest BCUT2D eigenvalue weighted by Gasteiger charge is 2.38. The number of piperidine rings is 1. The molecule has 2 aliphatic rings. The van der Waals surface area contributed by atoms with Gasteiger partial charge in [-0.15, -0.1) is 0 Å². The van der Waals surface area contributed by atoms with E-state index in [9.17, 15) is 14.0 Å². The maximum absolute atomic E-state index is 14.0. The highest BCUT2D eigenvalue weighted by molar-refractivity contribution is 5.99. The Hall–Kier alpha value is -3.16. The average Bonchev–Trinajstić information content (AvgIpc) is 3.52. The van der Waals surface area contributed by atoms with Gasteiger partial charge in [-0.1, -0.05) is 33.8 Å². The number of aromatic amines is 1. The molecule has 2 amide bonds. The molecular weight excluding hydrogens is 457 g/mol. The highest BCUT2D eigenvalue weighted by atomic mass is 19.1. The summed E-state index contributed by atoms with van der Waals surface area (Å²) in [6.45, 7) is 12.5. The fourth-order valence-corrected chi connectivity index (χ4v) is 5.07. The lowest BCUT2D eigenvalue weighted by molar-refractivity contribution is -0.132. The molecule has 0 saturated carbocycles. The largest absolute Gasteiger partial charge is 0.348 e. The lowest BCUT2D eigenvalue weighted by Gasteiger charge is -2.45. The van der Waals surface area contributed by atoms with Gasteiger partial charge in [0.25, 0.3) is 5.91 Å². The lowest BCUT2D eigenvalue weighted by atomic mass is 9.84. The van der Waals surface area contributed by atoms with Gasteiger partial charge in [0, 0.05) is 56.9 Å². The topological polar surface area (TPSA) is 74.2 Å². The molecule has 2 saturated heterocycles. The summed E-state index contributed by atoms with van der Waals surface area (Å²) in [5.41, 5.74) is 2.17. The Kier molecular flexibility index (Phi) is 7.81.